The Morgan fingerprint density at radius 2 is 2.12 bits per heavy atom. The van der Waals surface area contributed by atoms with Gasteiger partial charge in [-0.2, -0.15) is 0 Å². The summed E-state index contributed by atoms with van der Waals surface area (Å²) in [4.78, 5) is 0. The maximum atomic E-state index is 9.69. The molecule has 0 amide bonds. The summed E-state index contributed by atoms with van der Waals surface area (Å²) in [6, 6.07) is 6.16. The Labute approximate surface area is 101 Å². The molecule has 1 aromatic heterocycles. The van der Waals surface area contributed by atoms with E-state index in [2.05, 4.69) is 23.3 Å². The first-order valence-corrected chi connectivity index (χ1v) is 5.79. The number of hydrogen-bond acceptors (Lipinski definition) is 3. The quantitative estimate of drug-likeness (QED) is 0.882. The largest absolute Gasteiger partial charge is 0.387 e. The van der Waals surface area contributed by atoms with E-state index >= 15 is 0 Å². The van der Waals surface area contributed by atoms with Crippen LogP contribution in [0.5, 0.6) is 0 Å². The van der Waals surface area contributed by atoms with Gasteiger partial charge in [-0.05, 0) is 31.9 Å². The molecular formula is C13H17N3O. The van der Waals surface area contributed by atoms with E-state index in [1.165, 1.54) is 5.56 Å². The molecule has 1 heterocycles. The number of nitrogens with zero attached hydrogens (tertiary/aromatic N) is 3. The maximum Gasteiger partial charge on any atom is 0.112 e. The van der Waals surface area contributed by atoms with Crippen molar-refractivity contribution in [3.8, 4) is 5.69 Å². The van der Waals surface area contributed by atoms with Crippen LogP contribution in [0.4, 0.5) is 0 Å². The van der Waals surface area contributed by atoms with Crippen molar-refractivity contribution in [3.05, 3.63) is 41.2 Å². The molecule has 1 unspecified atom stereocenters. The molecule has 1 N–H and O–H groups in total. The Bertz CT molecular complexity index is 519. The number of aliphatic hydroxyl groups excluding tert-OH is 1. The standard InChI is InChI=1S/C13H17N3O/c1-4-13(17)11-8-16(15-14-11)12-6-5-9(2)7-10(12)3/h5-8,13,17H,4H2,1-3H3. The van der Waals surface area contributed by atoms with Gasteiger partial charge in [-0.25, -0.2) is 4.68 Å². The van der Waals surface area contributed by atoms with Gasteiger partial charge in [-0.15, -0.1) is 5.10 Å². The van der Waals surface area contributed by atoms with E-state index in [0.29, 0.717) is 12.1 Å². The lowest BCUT2D eigenvalue weighted by molar-refractivity contribution is 0.169. The van der Waals surface area contributed by atoms with E-state index in [0.717, 1.165) is 11.3 Å². The molecule has 17 heavy (non-hydrogen) atoms. The molecule has 0 aliphatic heterocycles. The van der Waals surface area contributed by atoms with Gasteiger partial charge >= 0.3 is 0 Å². The van der Waals surface area contributed by atoms with Crippen molar-refractivity contribution in [2.75, 3.05) is 0 Å². The van der Waals surface area contributed by atoms with Gasteiger partial charge in [0.1, 0.15) is 5.69 Å². The maximum absolute atomic E-state index is 9.69. The topological polar surface area (TPSA) is 50.9 Å². The molecule has 0 aliphatic rings. The smallest absolute Gasteiger partial charge is 0.112 e. The van der Waals surface area contributed by atoms with Gasteiger partial charge in [0, 0.05) is 0 Å². The van der Waals surface area contributed by atoms with Crippen molar-refractivity contribution in [3.63, 3.8) is 0 Å². The molecule has 1 atom stereocenters. The molecule has 0 saturated heterocycles. The van der Waals surface area contributed by atoms with Gasteiger partial charge in [-0.3, -0.25) is 0 Å². The Morgan fingerprint density at radius 1 is 1.35 bits per heavy atom. The van der Waals surface area contributed by atoms with Crippen molar-refractivity contribution in [2.24, 2.45) is 0 Å². The van der Waals surface area contributed by atoms with E-state index in [1.807, 2.05) is 26.0 Å². The normalized spacial score (nSPS) is 12.7. The van der Waals surface area contributed by atoms with Crippen LogP contribution in [0.1, 0.15) is 36.3 Å². The highest BCUT2D eigenvalue weighted by atomic mass is 16.3. The lowest BCUT2D eigenvalue weighted by Gasteiger charge is -2.05. The van der Waals surface area contributed by atoms with Crippen LogP contribution in [0.2, 0.25) is 0 Å². The lowest BCUT2D eigenvalue weighted by Crippen LogP contribution is -1.98. The first-order chi connectivity index (χ1) is 8.11. The van der Waals surface area contributed by atoms with Gasteiger partial charge in [-0.1, -0.05) is 29.8 Å². The summed E-state index contributed by atoms with van der Waals surface area (Å²) in [5.74, 6) is 0. The summed E-state index contributed by atoms with van der Waals surface area (Å²) in [6.45, 7) is 6.02. The van der Waals surface area contributed by atoms with Crippen molar-refractivity contribution >= 4 is 0 Å². The van der Waals surface area contributed by atoms with Gasteiger partial charge in [0.2, 0.25) is 0 Å². The van der Waals surface area contributed by atoms with Crippen LogP contribution < -0.4 is 0 Å². The molecule has 0 bridgehead atoms. The predicted molar refractivity (Wildman–Crippen MR) is 66.1 cm³/mol. The van der Waals surface area contributed by atoms with Gasteiger partial charge in [0.05, 0.1) is 18.0 Å². The third-order valence-electron chi connectivity index (χ3n) is 2.84. The van der Waals surface area contributed by atoms with E-state index in [-0.39, 0.29) is 0 Å². The molecule has 1 aromatic carbocycles. The van der Waals surface area contributed by atoms with Crippen LogP contribution in [-0.2, 0) is 0 Å². The van der Waals surface area contributed by atoms with Crippen molar-refractivity contribution < 1.29 is 5.11 Å². The Balaban J connectivity index is 2.37. The zero-order valence-corrected chi connectivity index (χ0v) is 10.4. The average molecular weight is 231 g/mol. The minimum atomic E-state index is -0.533. The molecular weight excluding hydrogens is 214 g/mol. The van der Waals surface area contributed by atoms with Gasteiger partial charge < -0.3 is 5.11 Å². The minimum absolute atomic E-state index is 0.533. The molecule has 0 spiro atoms. The van der Waals surface area contributed by atoms with E-state index in [1.54, 1.807) is 10.9 Å². The molecule has 4 nitrogen and oxygen atoms in total. The number of aromatic nitrogens is 3. The third-order valence-corrected chi connectivity index (χ3v) is 2.84. The van der Waals surface area contributed by atoms with Crippen LogP contribution >= 0.6 is 0 Å². The molecule has 90 valence electrons. The van der Waals surface area contributed by atoms with Crippen molar-refractivity contribution in [1.82, 2.24) is 15.0 Å². The van der Waals surface area contributed by atoms with Crippen molar-refractivity contribution in [1.29, 1.82) is 0 Å². The summed E-state index contributed by atoms with van der Waals surface area (Å²) in [5.41, 5.74) is 3.98. The zero-order valence-electron chi connectivity index (χ0n) is 10.4. The minimum Gasteiger partial charge on any atom is -0.387 e. The van der Waals surface area contributed by atoms with E-state index in [9.17, 15) is 5.11 Å². The zero-order chi connectivity index (χ0) is 12.4. The number of hydrogen-bond donors (Lipinski definition) is 1. The van der Waals surface area contributed by atoms with Crippen LogP contribution in [0.3, 0.4) is 0 Å². The fourth-order valence-corrected chi connectivity index (χ4v) is 1.82. The predicted octanol–water partition coefficient (Wildman–Crippen LogP) is 2.33. The fraction of sp³-hybridized carbons (Fsp3) is 0.385. The van der Waals surface area contributed by atoms with Crippen LogP contribution in [0, 0.1) is 13.8 Å². The first-order valence-electron chi connectivity index (χ1n) is 5.79. The molecule has 4 heteroatoms. The molecule has 0 fully saturated rings. The van der Waals surface area contributed by atoms with Gasteiger partial charge in [0.25, 0.3) is 0 Å². The van der Waals surface area contributed by atoms with Gasteiger partial charge in [0.15, 0.2) is 0 Å². The van der Waals surface area contributed by atoms with E-state index < -0.39 is 6.10 Å². The molecule has 2 aromatic rings. The average Bonchev–Trinajstić information content (AvgIpc) is 2.77. The highest BCUT2D eigenvalue weighted by molar-refractivity contribution is 5.41. The summed E-state index contributed by atoms with van der Waals surface area (Å²) in [7, 11) is 0. The molecule has 0 radical (unpaired) electrons. The Morgan fingerprint density at radius 3 is 2.76 bits per heavy atom. The summed E-state index contributed by atoms with van der Waals surface area (Å²) >= 11 is 0. The first kappa shape index (κ1) is 11.8. The summed E-state index contributed by atoms with van der Waals surface area (Å²) < 4.78 is 1.71. The number of benzene rings is 1. The molecule has 0 aliphatic carbocycles. The second-order valence-corrected chi connectivity index (χ2v) is 4.30. The summed E-state index contributed by atoms with van der Waals surface area (Å²) in [6.07, 6.45) is 1.90. The Kier molecular flexibility index (Phi) is 3.24. The highest BCUT2D eigenvalue weighted by Gasteiger charge is 2.11. The molecule has 0 saturated carbocycles. The van der Waals surface area contributed by atoms with Crippen molar-refractivity contribution in [2.45, 2.75) is 33.3 Å². The highest BCUT2D eigenvalue weighted by Crippen LogP contribution is 2.17. The third kappa shape index (κ3) is 2.36. The van der Waals surface area contributed by atoms with Crippen LogP contribution in [0.15, 0.2) is 24.4 Å². The second-order valence-electron chi connectivity index (χ2n) is 4.30. The lowest BCUT2D eigenvalue weighted by atomic mass is 10.1. The Hall–Kier alpha value is -1.68. The SMILES string of the molecule is CCC(O)c1cn(-c2ccc(C)cc2C)nn1. The fourth-order valence-electron chi connectivity index (χ4n) is 1.82. The monoisotopic (exact) mass is 231 g/mol. The van der Waals surface area contributed by atoms with Crippen LogP contribution in [0.25, 0.3) is 5.69 Å². The molecule has 2 rings (SSSR count). The summed E-state index contributed by atoms with van der Waals surface area (Å²) in [5, 5.41) is 17.7. The van der Waals surface area contributed by atoms with Crippen LogP contribution in [-0.4, -0.2) is 20.1 Å². The number of aliphatic hydroxyl groups is 1. The number of aryl methyl sites for hydroxylation is 2. The second kappa shape index (κ2) is 4.67. The van der Waals surface area contributed by atoms with E-state index in [4.69, 9.17) is 0 Å². The number of rotatable bonds is 3.